The lowest BCUT2D eigenvalue weighted by Gasteiger charge is -2.32. The average molecular weight is 357 g/mol. The van der Waals surface area contributed by atoms with Crippen molar-refractivity contribution in [3.63, 3.8) is 0 Å². The van der Waals surface area contributed by atoms with Crippen LogP contribution in [-0.4, -0.2) is 56.8 Å². The number of methoxy groups -OCH3 is 1. The van der Waals surface area contributed by atoms with Crippen molar-refractivity contribution in [3.8, 4) is 5.75 Å². The van der Waals surface area contributed by atoms with Crippen molar-refractivity contribution in [2.24, 2.45) is 0 Å². The van der Waals surface area contributed by atoms with Crippen molar-refractivity contribution in [1.29, 1.82) is 0 Å². The maximum atomic E-state index is 12.1. The number of carbonyl (C=O) groups is 1. The summed E-state index contributed by atoms with van der Waals surface area (Å²) in [6.45, 7) is 6.23. The third-order valence-corrected chi connectivity index (χ3v) is 4.19. The van der Waals surface area contributed by atoms with E-state index in [0.717, 1.165) is 30.7 Å². The van der Waals surface area contributed by atoms with Crippen LogP contribution in [-0.2, 0) is 4.74 Å². The van der Waals surface area contributed by atoms with Gasteiger partial charge < -0.3 is 14.8 Å². The highest BCUT2D eigenvalue weighted by Gasteiger charge is 2.20. The number of nitrogens with zero attached hydrogens (tertiary/aromatic N) is 1. The molecular weight excluding hydrogens is 336 g/mol. The Hall–Kier alpha value is -1.11. The van der Waals surface area contributed by atoms with Crippen molar-refractivity contribution in [2.45, 2.75) is 13.0 Å². The topological polar surface area (TPSA) is 50.8 Å². The summed E-state index contributed by atoms with van der Waals surface area (Å²) in [6.07, 6.45) is 0.0596. The number of carbonyl (C=O) groups excluding carboxylic acids is 1. The van der Waals surface area contributed by atoms with Gasteiger partial charge in [-0.25, -0.2) is 0 Å². The molecule has 1 heterocycles. The van der Waals surface area contributed by atoms with E-state index in [0.29, 0.717) is 17.9 Å². The number of benzene rings is 1. The molecule has 0 aromatic heterocycles. The molecule has 0 aliphatic carbocycles. The number of hydrogen-bond donors (Lipinski definition) is 1. The Bertz CT molecular complexity index is 496. The first-order chi connectivity index (χ1) is 10.1. The van der Waals surface area contributed by atoms with E-state index in [2.05, 4.69) is 33.1 Å². The lowest BCUT2D eigenvalue weighted by molar-refractivity contribution is -0.0246. The van der Waals surface area contributed by atoms with Gasteiger partial charge in [0.1, 0.15) is 5.75 Å². The predicted octanol–water partition coefficient (Wildman–Crippen LogP) is 1.91. The van der Waals surface area contributed by atoms with Crippen LogP contribution in [0.3, 0.4) is 0 Å². The van der Waals surface area contributed by atoms with Crippen LogP contribution in [0.4, 0.5) is 0 Å². The van der Waals surface area contributed by atoms with Crippen LogP contribution < -0.4 is 10.1 Å². The van der Waals surface area contributed by atoms with Crippen LogP contribution in [0, 0.1) is 0 Å². The van der Waals surface area contributed by atoms with Crippen molar-refractivity contribution in [2.75, 3.05) is 39.9 Å². The number of halogens is 1. The number of nitrogens with one attached hydrogen (secondary N) is 1. The highest BCUT2D eigenvalue weighted by atomic mass is 79.9. The van der Waals surface area contributed by atoms with E-state index in [1.165, 1.54) is 0 Å². The van der Waals surface area contributed by atoms with Gasteiger partial charge in [0.15, 0.2) is 0 Å². The molecule has 2 rings (SSSR count). The zero-order valence-electron chi connectivity index (χ0n) is 12.4. The van der Waals surface area contributed by atoms with E-state index < -0.39 is 0 Å². The molecule has 1 aromatic rings. The first-order valence-corrected chi connectivity index (χ1v) is 7.89. The molecule has 1 aliphatic rings. The molecule has 1 aromatic carbocycles. The molecule has 1 fully saturated rings. The van der Waals surface area contributed by atoms with Gasteiger partial charge in [-0.2, -0.15) is 0 Å². The third kappa shape index (κ3) is 4.43. The standard InChI is InChI=1S/C15H21BrN2O3/c1-3-18-6-7-21-12(10-18)9-17-15(19)11-4-5-14(20-2)13(16)8-11/h4-5,8,12H,3,6-7,9-10H2,1-2H3,(H,17,19). The number of likely N-dealkylation sites (N-methyl/N-ethyl adjacent to an activating group) is 1. The van der Waals surface area contributed by atoms with Gasteiger partial charge in [0.2, 0.25) is 0 Å². The molecule has 0 bridgehead atoms. The van der Waals surface area contributed by atoms with Gasteiger partial charge in [-0.15, -0.1) is 0 Å². The second-order valence-corrected chi connectivity index (χ2v) is 5.80. The second kappa shape index (κ2) is 7.77. The summed E-state index contributed by atoms with van der Waals surface area (Å²) in [5, 5.41) is 2.93. The molecule has 116 valence electrons. The van der Waals surface area contributed by atoms with Crippen molar-refractivity contribution < 1.29 is 14.3 Å². The van der Waals surface area contributed by atoms with Crippen molar-refractivity contribution in [1.82, 2.24) is 10.2 Å². The molecule has 21 heavy (non-hydrogen) atoms. The molecular formula is C15H21BrN2O3. The van der Waals surface area contributed by atoms with Gasteiger partial charge in [-0.05, 0) is 40.7 Å². The summed E-state index contributed by atoms with van der Waals surface area (Å²) in [4.78, 5) is 14.5. The number of hydrogen-bond acceptors (Lipinski definition) is 4. The van der Waals surface area contributed by atoms with E-state index in [1.807, 2.05) is 0 Å². The Morgan fingerprint density at radius 1 is 1.57 bits per heavy atom. The first-order valence-electron chi connectivity index (χ1n) is 7.09. The Morgan fingerprint density at radius 3 is 3.05 bits per heavy atom. The molecule has 1 N–H and O–H groups in total. The minimum Gasteiger partial charge on any atom is -0.496 e. The Morgan fingerprint density at radius 2 is 2.38 bits per heavy atom. The van der Waals surface area contributed by atoms with Gasteiger partial charge in [0, 0.05) is 25.2 Å². The van der Waals surface area contributed by atoms with Crippen LogP contribution in [0.15, 0.2) is 22.7 Å². The van der Waals surface area contributed by atoms with Gasteiger partial charge in [-0.3, -0.25) is 9.69 Å². The highest BCUT2D eigenvalue weighted by Crippen LogP contribution is 2.25. The fourth-order valence-electron chi connectivity index (χ4n) is 2.31. The number of rotatable bonds is 5. The lowest BCUT2D eigenvalue weighted by Crippen LogP contribution is -2.47. The fraction of sp³-hybridized carbons (Fsp3) is 0.533. The molecule has 6 heteroatoms. The number of morpholine rings is 1. The SMILES string of the molecule is CCN1CCOC(CNC(=O)c2ccc(OC)c(Br)c2)C1. The van der Waals surface area contributed by atoms with E-state index in [1.54, 1.807) is 25.3 Å². The van der Waals surface area contributed by atoms with E-state index in [4.69, 9.17) is 9.47 Å². The summed E-state index contributed by atoms with van der Waals surface area (Å²) in [6, 6.07) is 5.28. The van der Waals surface area contributed by atoms with Gasteiger partial charge >= 0.3 is 0 Å². The predicted molar refractivity (Wildman–Crippen MR) is 84.9 cm³/mol. The van der Waals surface area contributed by atoms with E-state index in [-0.39, 0.29) is 12.0 Å². The molecule has 0 radical (unpaired) electrons. The summed E-state index contributed by atoms with van der Waals surface area (Å²) < 4.78 is 11.6. The summed E-state index contributed by atoms with van der Waals surface area (Å²) in [5.74, 6) is 0.608. The molecule has 1 aliphatic heterocycles. The van der Waals surface area contributed by atoms with Crippen LogP contribution in [0.1, 0.15) is 17.3 Å². The summed E-state index contributed by atoms with van der Waals surface area (Å²) >= 11 is 3.38. The van der Waals surface area contributed by atoms with Crippen molar-refractivity contribution in [3.05, 3.63) is 28.2 Å². The molecule has 5 nitrogen and oxygen atoms in total. The van der Waals surface area contributed by atoms with Gasteiger partial charge in [0.25, 0.3) is 5.91 Å². The molecule has 1 atom stereocenters. The summed E-state index contributed by atoms with van der Waals surface area (Å²) in [7, 11) is 1.60. The molecule has 1 amide bonds. The maximum Gasteiger partial charge on any atom is 0.251 e. The molecule has 0 spiro atoms. The maximum absolute atomic E-state index is 12.1. The number of amides is 1. The van der Waals surface area contributed by atoms with Crippen LogP contribution in [0.2, 0.25) is 0 Å². The fourth-order valence-corrected chi connectivity index (χ4v) is 2.85. The van der Waals surface area contributed by atoms with Crippen LogP contribution in [0.5, 0.6) is 5.75 Å². The lowest BCUT2D eigenvalue weighted by atomic mass is 10.2. The highest BCUT2D eigenvalue weighted by molar-refractivity contribution is 9.10. The van der Waals surface area contributed by atoms with Crippen molar-refractivity contribution >= 4 is 21.8 Å². The van der Waals surface area contributed by atoms with Gasteiger partial charge in [0.05, 0.1) is 24.3 Å². The minimum absolute atomic E-state index is 0.0596. The van der Waals surface area contributed by atoms with Crippen LogP contribution >= 0.6 is 15.9 Å². The third-order valence-electron chi connectivity index (χ3n) is 3.57. The zero-order valence-corrected chi connectivity index (χ0v) is 14.0. The Labute approximate surface area is 133 Å². The zero-order chi connectivity index (χ0) is 15.2. The van der Waals surface area contributed by atoms with Gasteiger partial charge in [-0.1, -0.05) is 6.92 Å². The average Bonchev–Trinajstić information content (AvgIpc) is 2.52. The monoisotopic (exact) mass is 356 g/mol. The van der Waals surface area contributed by atoms with Crippen LogP contribution in [0.25, 0.3) is 0 Å². The normalized spacial score (nSPS) is 19.3. The largest absolute Gasteiger partial charge is 0.496 e. The smallest absolute Gasteiger partial charge is 0.251 e. The minimum atomic E-state index is -0.101. The van der Waals surface area contributed by atoms with E-state index in [9.17, 15) is 4.79 Å². The first kappa shape index (κ1) is 16.3. The van der Waals surface area contributed by atoms with E-state index >= 15 is 0 Å². The Kier molecular flexibility index (Phi) is 6.02. The Balaban J connectivity index is 1.88. The quantitative estimate of drug-likeness (QED) is 0.875. The molecule has 1 unspecified atom stereocenters. The number of ether oxygens (including phenoxy) is 2. The summed E-state index contributed by atoms with van der Waals surface area (Å²) in [5.41, 5.74) is 0.603. The second-order valence-electron chi connectivity index (χ2n) is 4.95. The molecule has 1 saturated heterocycles. The molecule has 0 saturated carbocycles.